The molecule has 0 atom stereocenters. The molecule has 0 radical (unpaired) electrons. The molecule has 1 aromatic rings. The van der Waals surface area contributed by atoms with E-state index in [1.54, 1.807) is 0 Å². The maximum absolute atomic E-state index is 5.63. The highest BCUT2D eigenvalue weighted by Gasteiger charge is 2.09. The lowest BCUT2D eigenvalue weighted by Crippen LogP contribution is -2.03. The van der Waals surface area contributed by atoms with Crippen molar-refractivity contribution < 1.29 is 9.47 Å². The minimum Gasteiger partial charge on any atom is -0.489 e. The molecule has 0 N–H and O–H groups in total. The predicted octanol–water partition coefficient (Wildman–Crippen LogP) is 4.84. The Morgan fingerprint density at radius 3 is 1.56 bits per heavy atom. The number of hydrogen-bond donors (Lipinski definition) is 0. The van der Waals surface area contributed by atoms with Crippen LogP contribution in [0.2, 0.25) is 0 Å². The van der Waals surface area contributed by atoms with Crippen LogP contribution in [0.5, 0.6) is 11.5 Å². The molecule has 0 aromatic heterocycles. The first-order chi connectivity index (χ1) is 7.69. The Morgan fingerprint density at radius 2 is 1.25 bits per heavy atom. The van der Waals surface area contributed by atoms with Crippen LogP contribution in [0, 0.1) is 0 Å². The van der Waals surface area contributed by atoms with Crippen molar-refractivity contribution in [1.82, 2.24) is 0 Å². The Kier molecular flexibility index (Phi) is 7.99. The highest BCUT2D eigenvalue weighted by atomic mass is 127. The van der Waals surface area contributed by atoms with Crippen LogP contribution >= 0.6 is 77.0 Å². The average molecular weight is 576 g/mol. The standard InChI is InChI=1S/C10H10Br2I2O2/c11-7-5-9(15-3-1-13)10(6-8(7)12)16-4-2-14/h5-6H,1-4H2. The van der Waals surface area contributed by atoms with E-state index in [-0.39, 0.29) is 0 Å². The molecule has 1 aromatic carbocycles. The van der Waals surface area contributed by atoms with Crippen molar-refractivity contribution in [3.8, 4) is 11.5 Å². The van der Waals surface area contributed by atoms with Gasteiger partial charge >= 0.3 is 0 Å². The van der Waals surface area contributed by atoms with Gasteiger partial charge in [0.15, 0.2) is 11.5 Å². The first-order valence-electron chi connectivity index (χ1n) is 4.55. The summed E-state index contributed by atoms with van der Waals surface area (Å²) in [6.45, 7) is 1.38. The molecule has 0 amide bonds. The van der Waals surface area contributed by atoms with Gasteiger partial charge in [-0.15, -0.1) is 0 Å². The molecule has 0 fully saturated rings. The lowest BCUT2D eigenvalue weighted by molar-refractivity contribution is 0.293. The molecule has 0 bridgehead atoms. The summed E-state index contributed by atoms with van der Waals surface area (Å²) in [6.07, 6.45) is 0. The van der Waals surface area contributed by atoms with E-state index < -0.39 is 0 Å². The Balaban J connectivity index is 2.87. The van der Waals surface area contributed by atoms with Crippen molar-refractivity contribution in [3.05, 3.63) is 21.1 Å². The van der Waals surface area contributed by atoms with E-state index in [0.717, 1.165) is 29.3 Å². The quantitative estimate of drug-likeness (QED) is 0.357. The van der Waals surface area contributed by atoms with Crippen molar-refractivity contribution in [2.24, 2.45) is 0 Å². The van der Waals surface area contributed by atoms with Gasteiger partial charge in [-0.1, -0.05) is 45.2 Å². The third-order valence-electron chi connectivity index (χ3n) is 1.66. The van der Waals surface area contributed by atoms with E-state index in [9.17, 15) is 0 Å². The second kappa shape index (κ2) is 8.36. The molecule has 0 spiro atoms. The summed E-state index contributed by atoms with van der Waals surface area (Å²) in [4.78, 5) is 0. The number of alkyl halides is 2. The molecular formula is C10H10Br2I2O2. The smallest absolute Gasteiger partial charge is 0.162 e. The molecule has 0 saturated heterocycles. The van der Waals surface area contributed by atoms with Gasteiger partial charge in [0.25, 0.3) is 0 Å². The molecule has 0 aliphatic rings. The van der Waals surface area contributed by atoms with E-state index in [1.165, 1.54) is 0 Å². The summed E-state index contributed by atoms with van der Waals surface area (Å²) in [7, 11) is 0. The van der Waals surface area contributed by atoms with Crippen LogP contribution in [0.25, 0.3) is 0 Å². The van der Waals surface area contributed by atoms with Crippen molar-refractivity contribution in [2.75, 3.05) is 22.1 Å². The largest absolute Gasteiger partial charge is 0.489 e. The zero-order valence-electron chi connectivity index (χ0n) is 8.31. The van der Waals surface area contributed by atoms with E-state index in [0.29, 0.717) is 13.2 Å². The Bertz CT molecular complexity index is 315. The second-order valence-corrected chi connectivity index (χ2v) is 6.65. The average Bonchev–Trinajstić information content (AvgIpc) is 2.28. The fourth-order valence-electron chi connectivity index (χ4n) is 1.03. The molecule has 0 aliphatic heterocycles. The molecule has 90 valence electrons. The van der Waals surface area contributed by atoms with Gasteiger partial charge in [-0.05, 0) is 44.0 Å². The van der Waals surface area contributed by atoms with Gasteiger partial charge in [-0.2, -0.15) is 0 Å². The van der Waals surface area contributed by atoms with Crippen molar-refractivity contribution in [3.63, 3.8) is 0 Å². The molecule has 6 heteroatoms. The second-order valence-electron chi connectivity index (χ2n) is 2.79. The van der Waals surface area contributed by atoms with Crippen LogP contribution in [-0.2, 0) is 0 Å². The number of benzene rings is 1. The monoisotopic (exact) mass is 574 g/mol. The molecule has 0 heterocycles. The Hall–Kier alpha value is 1.24. The first-order valence-corrected chi connectivity index (χ1v) is 9.19. The van der Waals surface area contributed by atoms with Crippen molar-refractivity contribution >= 4 is 77.0 Å². The topological polar surface area (TPSA) is 18.5 Å². The molecular weight excluding hydrogens is 566 g/mol. The van der Waals surface area contributed by atoms with Crippen LogP contribution in [0.1, 0.15) is 0 Å². The van der Waals surface area contributed by atoms with E-state index >= 15 is 0 Å². The predicted molar refractivity (Wildman–Crippen MR) is 90.6 cm³/mol. The van der Waals surface area contributed by atoms with Crippen LogP contribution in [0.4, 0.5) is 0 Å². The zero-order valence-corrected chi connectivity index (χ0v) is 15.8. The van der Waals surface area contributed by atoms with Gasteiger partial charge in [0.1, 0.15) is 0 Å². The van der Waals surface area contributed by atoms with Crippen LogP contribution in [-0.4, -0.2) is 22.1 Å². The van der Waals surface area contributed by atoms with Crippen molar-refractivity contribution in [2.45, 2.75) is 0 Å². The summed E-state index contributed by atoms with van der Waals surface area (Å²) >= 11 is 11.5. The minimum absolute atomic E-state index is 0.690. The molecule has 0 unspecified atom stereocenters. The zero-order chi connectivity index (χ0) is 12.0. The molecule has 2 nitrogen and oxygen atoms in total. The Morgan fingerprint density at radius 1 is 0.875 bits per heavy atom. The van der Waals surface area contributed by atoms with Crippen molar-refractivity contribution in [1.29, 1.82) is 0 Å². The number of ether oxygens (including phenoxy) is 2. The highest BCUT2D eigenvalue weighted by molar-refractivity contribution is 14.1. The fraction of sp³-hybridized carbons (Fsp3) is 0.400. The van der Waals surface area contributed by atoms with Gasteiger partial charge in [0.05, 0.1) is 13.2 Å². The summed E-state index contributed by atoms with van der Waals surface area (Å²) in [5.74, 6) is 1.58. The number of rotatable bonds is 6. The van der Waals surface area contributed by atoms with Gasteiger partial charge in [0.2, 0.25) is 0 Å². The maximum Gasteiger partial charge on any atom is 0.162 e. The SMILES string of the molecule is Brc1cc(OCCI)c(OCCI)cc1Br. The van der Waals surface area contributed by atoms with Crippen LogP contribution in [0.3, 0.4) is 0 Å². The summed E-state index contributed by atoms with van der Waals surface area (Å²) in [5.41, 5.74) is 0. The summed E-state index contributed by atoms with van der Waals surface area (Å²) in [5, 5.41) is 0. The van der Waals surface area contributed by atoms with E-state index in [4.69, 9.17) is 9.47 Å². The number of hydrogen-bond acceptors (Lipinski definition) is 2. The Labute approximate surface area is 139 Å². The van der Waals surface area contributed by atoms with Gasteiger partial charge in [-0.25, -0.2) is 0 Å². The summed E-state index contributed by atoms with van der Waals surface area (Å²) in [6, 6.07) is 3.86. The third-order valence-corrected chi connectivity index (χ3v) is 4.38. The third kappa shape index (κ3) is 4.85. The minimum atomic E-state index is 0.690. The van der Waals surface area contributed by atoms with Crippen LogP contribution in [0.15, 0.2) is 21.1 Å². The maximum atomic E-state index is 5.63. The van der Waals surface area contributed by atoms with Gasteiger partial charge in [0, 0.05) is 17.8 Å². The van der Waals surface area contributed by atoms with E-state index in [2.05, 4.69) is 77.0 Å². The summed E-state index contributed by atoms with van der Waals surface area (Å²) < 4.78 is 15.1. The lowest BCUT2D eigenvalue weighted by Gasteiger charge is -2.12. The molecule has 0 saturated carbocycles. The normalized spacial score (nSPS) is 10.2. The van der Waals surface area contributed by atoms with Crippen LogP contribution < -0.4 is 9.47 Å². The van der Waals surface area contributed by atoms with E-state index in [1.807, 2.05) is 12.1 Å². The fourth-order valence-corrected chi connectivity index (χ4v) is 2.12. The lowest BCUT2D eigenvalue weighted by atomic mass is 10.3. The first kappa shape index (κ1) is 15.3. The van der Waals surface area contributed by atoms with Gasteiger partial charge < -0.3 is 9.47 Å². The number of halogens is 4. The molecule has 0 aliphatic carbocycles. The molecule has 1 rings (SSSR count). The highest BCUT2D eigenvalue weighted by Crippen LogP contribution is 2.36. The molecule has 16 heavy (non-hydrogen) atoms. The van der Waals surface area contributed by atoms with Gasteiger partial charge in [-0.3, -0.25) is 0 Å².